The molecule has 3 rings (SSSR count). The summed E-state index contributed by atoms with van der Waals surface area (Å²) in [6.07, 6.45) is 0.199. The molecule has 1 N–H and O–H groups in total. The van der Waals surface area contributed by atoms with E-state index in [1.54, 1.807) is 43.4 Å². The fourth-order valence-electron chi connectivity index (χ4n) is 2.86. The first-order chi connectivity index (χ1) is 12.2. The van der Waals surface area contributed by atoms with Crippen molar-refractivity contribution in [1.82, 2.24) is 0 Å². The maximum Gasteiger partial charge on any atom is 0.264 e. The molecule has 1 aliphatic heterocycles. The van der Waals surface area contributed by atoms with Crippen LogP contribution in [0.1, 0.15) is 12.5 Å². The summed E-state index contributed by atoms with van der Waals surface area (Å²) in [5.41, 5.74) is 2.49. The highest BCUT2D eigenvalue weighted by Crippen LogP contribution is 2.31. The summed E-state index contributed by atoms with van der Waals surface area (Å²) >= 11 is 0. The molecule has 0 fully saturated rings. The molecular weight excluding hydrogens is 354 g/mol. The third-order valence-corrected chi connectivity index (χ3v) is 6.12. The molecule has 0 saturated carbocycles. The van der Waals surface area contributed by atoms with E-state index in [4.69, 9.17) is 0 Å². The minimum absolute atomic E-state index is 0.0588. The van der Waals surface area contributed by atoms with Crippen LogP contribution in [0.5, 0.6) is 0 Å². The first-order valence-corrected chi connectivity index (χ1v) is 9.40. The van der Waals surface area contributed by atoms with Gasteiger partial charge in [0.2, 0.25) is 11.8 Å². The van der Waals surface area contributed by atoms with Gasteiger partial charge in [0.15, 0.2) is 0 Å². The molecule has 1 aliphatic rings. The number of carbonyl (C=O) groups is 2. The van der Waals surface area contributed by atoms with Crippen molar-refractivity contribution in [2.24, 2.45) is 0 Å². The zero-order chi connectivity index (χ0) is 19.1. The molecule has 7 nitrogen and oxygen atoms in total. The van der Waals surface area contributed by atoms with E-state index in [9.17, 15) is 18.0 Å². The molecule has 8 heteroatoms. The van der Waals surface area contributed by atoms with Crippen LogP contribution in [0.3, 0.4) is 0 Å². The largest absolute Gasteiger partial charge is 0.326 e. The molecule has 2 aromatic rings. The van der Waals surface area contributed by atoms with Crippen LogP contribution in [0, 0.1) is 0 Å². The van der Waals surface area contributed by atoms with Crippen molar-refractivity contribution >= 4 is 38.9 Å². The third-order valence-electron chi connectivity index (χ3n) is 4.34. The highest BCUT2D eigenvalue weighted by molar-refractivity contribution is 7.92. The summed E-state index contributed by atoms with van der Waals surface area (Å²) in [7, 11) is -0.631. The molecule has 1 heterocycles. The Labute approximate surface area is 152 Å². The predicted molar refractivity (Wildman–Crippen MR) is 99.9 cm³/mol. The Morgan fingerprint density at radius 3 is 2.42 bits per heavy atom. The lowest BCUT2D eigenvalue weighted by atomic mass is 10.2. The molecule has 2 amide bonds. The van der Waals surface area contributed by atoms with Crippen molar-refractivity contribution in [3.8, 4) is 0 Å². The molecule has 0 aromatic heterocycles. The van der Waals surface area contributed by atoms with Gasteiger partial charge in [0.1, 0.15) is 0 Å². The van der Waals surface area contributed by atoms with Crippen molar-refractivity contribution in [2.75, 3.05) is 28.6 Å². The number of amides is 2. The van der Waals surface area contributed by atoms with Gasteiger partial charge in [-0.3, -0.25) is 13.9 Å². The van der Waals surface area contributed by atoms with E-state index in [-0.39, 0.29) is 23.1 Å². The van der Waals surface area contributed by atoms with E-state index in [0.717, 1.165) is 5.69 Å². The number of carbonyl (C=O) groups excluding carboxylic acids is 2. The lowest BCUT2D eigenvalue weighted by molar-refractivity contribution is -0.117. The molecular formula is C18H19N3O4S. The van der Waals surface area contributed by atoms with E-state index >= 15 is 0 Å². The van der Waals surface area contributed by atoms with Crippen LogP contribution in [-0.4, -0.2) is 34.3 Å². The topological polar surface area (TPSA) is 86.8 Å². The third kappa shape index (κ3) is 3.15. The van der Waals surface area contributed by atoms with Crippen LogP contribution in [0.4, 0.5) is 17.1 Å². The number of nitrogens with one attached hydrogen (secondary N) is 1. The van der Waals surface area contributed by atoms with Gasteiger partial charge in [0, 0.05) is 32.4 Å². The highest BCUT2D eigenvalue weighted by Gasteiger charge is 2.28. The molecule has 0 unspecified atom stereocenters. The average Bonchev–Trinajstić information content (AvgIpc) is 2.88. The zero-order valence-electron chi connectivity index (χ0n) is 14.7. The van der Waals surface area contributed by atoms with Crippen molar-refractivity contribution < 1.29 is 18.0 Å². The lowest BCUT2D eigenvalue weighted by Gasteiger charge is -2.20. The summed E-state index contributed by atoms with van der Waals surface area (Å²) < 4.78 is 27.0. The number of anilines is 3. The fraction of sp³-hybridized carbons (Fsp3) is 0.222. The van der Waals surface area contributed by atoms with Crippen molar-refractivity contribution in [1.29, 1.82) is 0 Å². The van der Waals surface area contributed by atoms with Gasteiger partial charge in [-0.2, -0.15) is 0 Å². The Morgan fingerprint density at radius 2 is 1.81 bits per heavy atom. The number of benzene rings is 2. The van der Waals surface area contributed by atoms with Gasteiger partial charge in [-0.15, -0.1) is 0 Å². The first kappa shape index (κ1) is 17.9. The second-order valence-corrected chi connectivity index (χ2v) is 8.09. The summed E-state index contributed by atoms with van der Waals surface area (Å²) in [5.74, 6) is -0.257. The Morgan fingerprint density at radius 1 is 1.15 bits per heavy atom. The maximum absolute atomic E-state index is 12.9. The van der Waals surface area contributed by atoms with Gasteiger partial charge in [-0.1, -0.05) is 0 Å². The van der Waals surface area contributed by atoms with E-state index < -0.39 is 10.0 Å². The van der Waals surface area contributed by atoms with E-state index in [2.05, 4.69) is 5.32 Å². The molecule has 0 bridgehead atoms. The number of nitrogens with zero attached hydrogens (tertiary/aromatic N) is 2. The van der Waals surface area contributed by atoms with Crippen LogP contribution in [0.2, 0.25) is 0 Å². The molecule has 136 valence electrons. The summed E-state index contributed by atoms with van der Waals surface area (Å²) in [5, 5.41) is 2.63. The second-order valence-electron chi connectivity index (χ2n) is 6.12. The molecule has 0 saturated heterocycles. The average molecular weight is 373 g/mol. The lowest BCUT2D eigenvalue weighted by Crippen LogP contribution is -2.26. The van der Waals surface area contributed by atoms with Crippen molar-refractivity contribution in [2.45, 2.75) is 18.2 Å². The number of hydrogen-bond acceptors (Lipinski definition) is 4. The smallest absolute Gasteiger partial charge is 0.264 e. The van der Waals surface area contributed by atoms with Gasteiger partial charge in [0.05, 0.1) is 17.0 Å². The van der Waals surface area contributed by atoms with E-state index in [1.165, 1.54) is 29.2 Å². The molecule has 0 atom stereocenters. The number of fused-ring (bicyclic) bond motifs is 1. The summed E-state index contributed by atoms with van der Waals surface area (Å²) in [6.45, 7) is 1.40. The van der Waals surface area contributed by atoms with Gasteiger partial charge in [-0.05, 0) is 48.0 Å². The van der Waals surface area contributed by atoms with Crippen LogP contribution >= 0.6 is 0 Å². The maximum atomic E-state index is 12.9. The number of likely N-dealkylation sites (N-methyl/N-ethyl adjacent to an activating group) is 1. The number of hydrogen-bond donors (Lipinski definition) is 1. The SMILES string of the molecule is CC(=O)Nc1ccc(N(C)S(=O)(=O)c2ccc3c(c2)CC(=O)N3C)cc1. The Balaban J connectivity index is 1.89. The molecule has 26 heavy (non-hydrogen) atoms. The predicted octanol–water partition coefficient (Wildman–Crippen LogP) is 1.99. The minimum Gasteiger partial charge on any atom is -0.326 e. The van der Waals surface area contributed by atoms with Crippen LogP contribution in [0.25, 0.3) is 0 Å². The minimum atomic E-state index is -3.77. The van der Waals surface area contributed by atoms with Crippen LogP contribution < -0.4 is 14.5 Å². The normalized spacial score (nSPS) is 13.5. The van der Waals surface area contributed by atoms with Crippen molar-refractivity contribution in [3.63, 3.8) is 0 Å². The monoisotopic (exact) mass is 373 g/mol. The molecule has 0 spiro atoms. The van der Waals surface area contributed by atoms with E-state index in [0.29, 0.717) is 16.9 Å². The number of rotatable bonds is 4. The summed E-state index contributed by atoms with van der Waals surface area (Å²) in [6, 6.07) is 11.2. The second kappa shape index (κ2) is 6.45. The standard InChI is InChI=1S/C18H19N3O4S/c1-12(22)19-14-4-6-15(7-5-14)21(3)26(24,25)16-8-9-17-13(10-16)11-18(23)20(17)2/h4-10H,11H2,1-3H3,(H,19,22). The summed E-state index contributed by atoms with van der Waals surface area (Å²) in [4.78, 5) is 24.5. The first-order valence-electron chi connectivity index (χ1n) is 7.96. The van der Waals surface area contributed by atoms with Gasteiger partial charge in [-0.25, -0.2) is 8.42 Å². The Hall–Kier alpha value is -2.87. The van der Waals surface area contributed by atoms with E-state index in [1.807, 2.05) is 0 Å². The van der Waals surface area contributed by atoms with Gasteiger partial charge < -0.3 is 10.2 Å². The number of sulfonamides is 1. The Bertz CT molecular complexity index is 984. The highest BCUT2D eigenvalue weighted by atomic mass is 32.2. The van der Waals surface area contributed by atoms with Crippen molar-refractivity contribution in [3.05, 3.63) is 48.0 Å². The molecule has 0 aliphatic carbocycles. The van der Waals surface area contributed by atoms with Gasteiger partial charge in [0.25, 0.3) is 10.0 Å². The van der Waals surface area contributed by atoms with Crippen LogP contribution in [-0.2, 0) is 26.0 Å². The van der Waals surface area contributed by atoms with Crippen LogP contribution in [0.15, 0.2) is 47.4 Å². The molecule has 2 aromatic carbocycles. The molecule has 0 radical (unpaired) electrons. The zero-order valence-corrected chi connectivity index (χ0v) is 15.5. The van der Waals surface area contributed by atoms with Gasteiger partial charge >= 0.3 is 0 Å². The Kier molecular flexibility index (Phi) is 4.45. The fourth-order valence-corrected chi connectivity index (χ4v) is 4.11. The quantitative estimate of drug-likeness (QED) is 0.888.